The molecule has 1 aromatic heterocycles. The molecule has 0 aliphatic carbocycles. The van der Waals surface area contributed by atoms with Gasteiger partial charge in [-0.3, -0.25) is 0 Å². The highest BCUT2D eigenvalue weighted by molar-refractivity contribution is 14.1. The van der Waals surface area contributed by atoms with Gasteiger partial charge in [-0.05, 0) is 47.7 Å². The van der Waals surface area contributed by atoms with E-state index in [1.165, 1.54) is 0 Å². The molecule has 0 spiro atoms. The van der Waals surface area contributed by atoms with Gasteiger partial charge in [-0.15, -0.1) is 0 Å². The van der Waals surface area contributed by atoms with Crippen molar-refractivity contribution >= 4 is 22.6 Å². The van der Waals surface area contributed by atoms with Crippen LogP contribution in [0.3, 0.4) is 0 Å². The van der Waals surface area contributed by atoms with E-state index in [0.29, 0.717) is 5.88 Å². The molecule has 2 rings (SSSR count). The van der Waals surface area contributed by atoms with E-state index in [9.17, 15) is 0 Å². The summed E-state index contributed by atoms with van der Waals surface area (Å²) in [6.45, 7) is 1.92. The minimum absolute atomic E-state index is 0.0972. The predicted octanol–water partition coefficient (Wildman–Crippen LogP) is 3.50. The lowest BCUT2D eigenvalue weighted by Crippen LogP contribution is -2.07. The van der Waals surface area contributed by atoms with Gasteiger partial charge in [-0.1, -0.05) is 18.2 Å². The summed E-state index contributed by atoms with van der Waals surface area (Å²) >= 11 is 2.23. The molecule has 1 unspecified atom stereocenters. The summed E-state index contributed by atoms with van der Waals surface area (Å²) in [5.41, 5.74) is 6.79. The van der Waals surface area contributed by atoms with Crippen LogP contribution in [-0.2, 0) is 0 Å². The molecule has 0 aliphatic rings. The molecule has 0 fully saturated rings. The van der Waals surface area contributed by atoms with Crippen LogP contribution in [0.2, 0.25) is 0 Å². The van der Waals surface area contributed by atoms with Gasteiger partial charge in [-0.2, -0.15) is 0 Å². The maximum Gasteiger partial charge on any atom is 0.224 e. The van der Waals surface area contributed by atoms with Crippen molar-refractivity contribution in [3.05, 3.63) is 51.7 Å². The van der Waals surface area contributed by atoms with E-state index in [4.69, 9.17) is 10.5 Å². The third-order valence-corrected chi connectivity index (χ3v) is 3.23. The quantitative estimate of drug-likeness (QED) is 0.870. The first-order valence-corrected chi connectivity index (χ1v) is 6.39. The van der Waals surface area contributed by atoms with Gasteiger partial charge in [0.15, 0.2) is 0 Å². The highest BCUT2D eigenvalue weighted by Crippen LogP contribution is 2.29. The zero-order chi connectivity index (χ0) is 12.3. The van der Waals surface area contributed by atoms with Crippen molar-refractivity contribution in [2.75, 3.05) is 0 Å². The highest BCUT2D eigenvalue weighted by atomic mass is 127. The molecule has 1 heterocycles. The van der Waals surface area contributed by atoms with E-state index in [0.717, 1.165) is 14.9 Å². The van der Waals surface area contributed by atoms with Gasteiger partial charge in [-0.25, -0.2) is 4.98 Å². The fourth-order valence-corrected chi connectivity index (χ4v) is 1.96. The third-order valence-electron chi connectivity index (χ3n) is 2.33. The zero-order valence-corrected chi connectivity index (χ0v) is 11.6. The Labute approximate surface area is 114 Å². The molecule has 88 valence electrons. The largest absolute Gasteiger partial charge is 0.438 e. The second-order valence-corrected chi connectivity index (χ2v) is 4.88. The van der Waals surface area contributed by atoms with E-state index in [1.807, 2.05) is 43.3 Å². The molecule has 0 amide bonds. The van der Waals surface area contributed by atoms with Gasteiger partial charge >= 0.3 is 0 Å². The summed E-state index contributed by atoms with van der Waals surface area (Å²) in [5, 5.41) is 0. The molecule has 0 radical (unpaired) electrons. The van der Waals surface area contributed by atoms with Crippen molar-refractivity contribution in [1.82, 2.24) is 4.98 Å². The van der Waals surface area contributed by atoms with Crippen LogP contribution < -0.4 is 10.5 Å². The van der Waals surface area contributed by atoms with E-state index < -0.39 is 0 Å². The number of hydrogen-bond donors (Lipinski definition) is 1. The van der Waals surface area contributed by atoms with E-state index in [-0.39, 0.29) is 6.04 Å². The number of hydrogen-bond acceptors (Lipinski definition) is 3. The molecule has 2 aromatic rings. The molecule has 0 bridgehead atoms. The first-order chi connectivity index (χ1) is 8.18. The van der Waals surface area contributed by atoms with Gasteiger partial charge in [0.05, 0.1) is 3.57 Å². The minimum atomic E-state index is -0.0972. The van der Waals surface area contributed by atoms with Gasteiger partial charge in [0.2, 0.25) is 5.88 Å². The first kappa shape index (κ1) is 12.3. The van der Waals surface area contributed by atoms with Crippen LogP contribution in [0.1, 0.15) is 18.5 Å². The molecular weight excluding hydrogens is 327 g/mol. The van der Waals surface area contributed by atoms with Crippen LogP contribution in [0.15, 0.2) is 42.6 Å². The van der Waals surface area contributed by atoms with Crippen LogP contribution in [0.5, 0.6) is 11.6 Å². The molecule has 1 atom stereocenters. The van der Waals surface area contributed by atoms with Crippen molar-refractivity contribution in [1.29, 1.82) is 0 Å². The van der Waals surface area contributed by atoms with Gasteiger partial charge in [0.1, 0.15) is 5.75 Å². The predicted molar refractivity (Wildman–Crippen MR) is 76.1 cm³/mol. The van der Waals surface area contributed by atoms with Crippen LogP contribution >= 0.6 is 22.6 Å². The van der Waals surface area contributed by atoms with Gasteiger partial charge < -0.3 is 10.5 Å². The number of pyridine rings is 1. The monoisotopic (exact) mass is 340 g/mol. The standard InChI is InChI=1S/C13H13IN2O/c1-9(15)10-5-4-8-16-13(10)17-12-7-3-2-6-11(12)14/h2-9H,15H2,1H3. The minimum Gasteiger partial charge on any atom is -0.438 e. The molecule has 0 saturated carbocycles. The molecule has 0 saturated heterocycles. The summed E-state index contributed by atoms with van der Waals surface area (Å²) in [6, 6.07) is 11.5. The van der Waals surface area contributed by atoms with Crippen LogP contribution in [-0.4, -0.2) is 4.98 Å². The molecule has 1 aromatic carbocycles. The smallest absolute Gasteiger partial charge is 0.224 e. The van der Waals surface area contributed by atoms with Crippen molar-refractivity contribution < 1.29 is 4.74 Å². The van der Waals surface area contributed by atoms with Gasteiger partial charge in [0, 0.05) is 17.8 Å². The summed E-state index contributed by atoms with van der Waals surface area (Å²) in [6.07, 6.45) is 1.71. The van der Waals surface area contributed by atoms with E-state index >= 15 is 0 Å². The molecular formula is C13H13IN2O. The zero-order valence-electron chi connectivity index (χ0n) is 9.43. The molecule has 2 N–H and O–H groups in total. The number of ether oxygens (including phenoxy) is 1. The molecule has 17 heavy (non-hydrogen) atoms. The Kier molecular flexibility index (Phi) is 3.96. The van der Waals surface area contributed by atoms with Crippen molar-refractivity contribution in [3.8, 4) is 11.6 Å². The fourth-order valence-electron chi connectivity index (χ4n) is 1.47. The number of para-hydroxylation sites is 1. The number of nitrogens with zero attached hydrogens (tertiary/aromatic N) is 1. The Balaban J connectivity index is 2.34. The van der Waals surface area contributed by atoms with E-state index in [2.05, 4.69) is 27.6 Å². The number of aromatic nitrogens is 1. The lowest BCUT2D eigenvalue weighted by molar-refractivity contribution is 0.449. The molecule has 3 nitrogen and oxygen atoms in total. The van der Waals surface area contributed by atoms with Crippen molar-refractivity contribution in [3.63, 3.8) is 0 Å². The first-order valence-electron chi connectivity index (χ1n) is 5.31. The summed E-state index contributed by atoms with van der Waals surface area (Å²) < 4.78 is 6.85. The number of nitrogens with two attached hydrogens (primary N) is 1. The average molecular weight is 340 g/mol. The van der Waals surface area contributed by atoms with Gasteiger partial charge in [0.25, 0.3) is 0 Å². The molecule has 4 heteroatoms. The third kappa shape index (κ3) is 2.95. The second kappa shape index (κ2) is 5.46. The normalized spacial score (nSPS) is 12.2. The van der Waals surface area contributed by atoms with Crippen molar-refractivity contribution in [2.24, 2.45) is 5.73 Å². The Hall–Kier alpha value is -1.14. The summed E-state index contributed by atoms with van der Waals surface area (Å²) in [7, 11) is 0. The number of halogens is 1. The Morgan fingerprint density at radius 1 is 1.24 bits per heavy atom. The summed E-state index contributed by atoms with van der Waals surface area (Å²) in [5.74, 6) is 1.38. The Morgan fingerprint density at radius 3 is 2.71 bits per heavy atom. The average Bonchev–Trinajstić information content (AvgIpc) is 2.32. The van der Waals surface area contributed by atoms with Crippen LogP contribution in [0.25, 0.3) is 0 Å². The van der Waals surface area contributed by atoms with Crippen LogP contribution in [0.4, 0.5) is 0 Å². The second-order valence-electron chi connectivity index (χ2n) is 3.72. The topological polar surface area (TPSA) is 48.1 Å². The lowest BCUT2D eigenvalue weighted by Gasteiger charge is -2.12. The van der Waals surface area contributed by atoms with Crippen molar-refractivity contribution in [2.45, 2.75) is 13.0 Å². The maximum absolute atomic E-state index is 5.88. The Bertz CT molecular complexity index is 514. The summed E-state index contributed by atoms with van der Waals surface area (Å²) in [4.78, 5) is 4.23. The lowest BCUT2D eigenvalue weighted by atomic mass is 10.1. The highest BCUT2D eigenvalue weighted by Gasteiger charge is 2.10. The SMILES string of the molecule is CC(N)c1cccnc1Oc1ccccc1I. The molecule has 0 aliphatic heterocycles. The Morgan fingerprint density at radius 2 is 2.00 bits per heavy atom. The number of rotatable bonds is 3. The number of benzene rings is 1. The fraction of sp³-hybridized carbons (Fsp3) is 0.154. The van der Waals surface area contributed by atoms with E-state index in [1.54, 1.807) is 6.20 Å². The van der Waals surface area contributed by atoms with Crippen LogP contribution in [0, 0.1) is 3.57 Å². The maximum atomic E-state index is 5.88.